The van der Waals surface area contributed by atoms with Crippen LogP contribution in [0.15, 0.2) is 24.3 Å². The topological polar surface area (TPSA) is 35.8 Å². The lowest BCUT2D eigenvalue weighted by Crippen LogP contribution is -2.33. The average Bonchev–Trinajstić information content (AvgIpc) is 2.40. The molecule has 0 bridgehead atoms. The molecular weight excluding hydrogens is 220 g/mol. The maximum Gasteiger partial charge on any atom is 0.0995 e. The van der Waals surface area contributed by atoms with Gasteiger partial charge in [0, 0.05) is 13.1 Å². The van der Waals surface area contributed by atoms with Gasteiger partial charge in [-0.15, -0.1) is 0 Å². The van der Waals surface area contributed by atoms with E-state index in [1.165, 1.54) is 32.1 Å². The van der Waals surface area contributed by atoms with Gasteiger partial charge in [0.15, 0.2) is 0 Å². The van der Waals surface area contributed by atoms with Crippen molar-refractivity contribution in [3.63, 3.8) is 0 Å². The van der Waals surface area contributed by atoms with Crippen LogP contribution in [0.25, 0.3) is 0 Å². The normalized spacial score (nSPS) is 18.2. The molecule has 1 saturated carbocycles. The highest BCUT2D eigenvalue weighted by Gasteiger charge is 2.25. The minimum Gasteiger partial charge on any atom is -0.312 e. The van der Waals surface area contributed by atoms with Crippen LogP contribution < -0.4 is 5.32 Å². The predicted octanol–water partition coefficient (Wildman–Crippen LogP) is 3.62. The predicted molar refractivity (Wildman–Crippen MR) is 74.1 cm³/mol. The Kier molecular flexibility index (Phi) is 4.38. The first-order chi connectivity index (χ1) is 8.73. The molecule has 0 atom stereocenters. The second-order valence-corrected chi connectivity index (χ2v) is 5.74. The zero-order valence-electron chi connectivity index (χ0n) is 11.2. The number of hydrogen-bond donors (Lipinski definition) is 1. The van der Waals surface area contributed by atoms with Crippen LogP contribution in [-0.2, 0) is 6.54 Å². The van der Waals surface area contributed by atoms with E-state index < -0.39 is 0 Å². The number of nitriles is 1. The fourth-order valence-corrected chi connectivity index (χ4v) is 2.86. The molecule has 0 aliphatic heterocycles. The summed E-state index contributed by atoms with van der Waals surface area (Å²) in [5.74, 6) is 0. The van der Waals surface area contributed by atoms with Crippen LogP contribution in [-0.4, -0.2) is 6.54 Å². The van der Waals surface area contributed by atoms with Gasteiger partial charge in [-0.05, 0) is 29.9 Å². The molecular formula is C16H22N2. The first kappa shape index (κ1) is 13.1. The van der Waals surface area contributed by atoms with Crippen LogP contribution in [0, 0.1) is 16.7 Å². The highest BCUT2D eigenvalue weighted by molar-refractivity contribution is 5.37. The van der Waals surface area contributed by atoms with Gasteiger partial charge in [-0.1, -0.05) is 44.4 Å². The number of hydrogen-bond acceptors (Lipinski definition) is 2. The molecule has 96 valence electrons. The number of nitrogens with zero attached hydrogens (tertiary/aromatic N) is 1. The summed E-state index contributed by atoms with van der Waals surface area (Å²) in [6, 6.07) is 10.1. The van der Waals surface area contributed by atoms with Crippen molar-refractivity contribution in [2.45, 2.75) is 45.6 Å². The third-order valence-electron chi connectivity index (χ3n) is 4.07. The van der Waals surface area contributed by atoms with E-state index in [1.54, 1.807) is 0 Å². The molecule has 1 fully saturated rings. The molecule has 0 amide bonds. The molecule has 0 saturated heterocycles. The first-order valence-corrected chi connectivity index (χ1v) is 6.92. The SMILES string of the molecule is CC1(CNCc2ccccc2C#N)CCCCC1. The van der Waals surface area contributed by atoms with Gasteiger partial charge >= 0.3 is 0 Å². The second-order valence-electron chi connectivity index (χ2n) is 5.74. The Hall–Kier alpha value is -1.33. The van der Waals surface area contributed by atoms with E-state index in [2.05, 4.69) is 18.3 Å². The fraction of sp³-hybridized carbons (Fsp3) is 0.562. The van der Waals surface area contributed by atoms with Crippen molar-refractivity contribution in [1.29, 1.82) is 5.26 Å². The smallest absolute Gasteiger partial charge is 0.0995 e. The van der Waals surface area contributed by atoms with Gasteiger partial charge in [-0.25, -0.2) is 0 Å². The Morgan fingerprint density at radius 3 is 2.67 bits per heavy atom. The average molecular weight is 242 g/mol. The van der Waals surface area contributed by atoms with Crippen LogP contribution in [0.3, 0.4) is 0 Å². The molecule has 0 unspecified atom stereocenters. The van der Waals surface area contributed by atoms with Crippen molar-refractivity contribution in [3.8, 4) is 6.07 Å². The van der Waals surface area contributed by atoms with Gasteiger partial charge in [0.2, 0.25) is 0 Å². The summed E-state index contributed by atoms with van der Waals surface area (Å²) in [4.78, 5) is 0. The quantitative estimate of drug-likeness (QED) is 0.875. The molecule has 1 aromatic carbocycles. The minimum atomic E-state index is 0.458. The van der Waals surface area contributed by atoms with Crippen LogP contribution in [0.2, 0.25) is 0 Å². The Morgan fingerprint density at radius 1 is 1.22 bits per heavy atom. The second kappa shape index (κ2) is 6.02. The van der Waals surface area contributed by atoms with Gasteiger partial charge in [0.1, 0.15) is 0 Å². The fourth-order valence-electron chi connectivity index (χ4n) is 2.86. The molecule has 2 heteroatoms. The summed E-state index contributed by atoms with van der Waals surface area (Å²) in [5, 5.41) is 12.6. The van der Waals surface area contributed by atoms with E-state index in [4.69, 9.17) is 5.26 Å². The summed E-state index contributed by atoms with van der Waals surface area (Å²) >= 11 is 0. The zero-order chi connectivity index (χ0) is 12.8. The molecule has 0 heterocycles. The number of benzene rings is 1. The lowest BCUT2D eigenvalue weighted by molar-refractivity contribution is 0.207. The Balaban J connectivity index is 1.86. The monoisotopic (exact) mass is 242 g/mol. The van der Waals surface area contributed by atoms with Crippen LogP contribution in [0.5, 0.6) is 0 Å². The summed E-state index contributed by atoms with van der Waals surface area (Å²) in [6.07, 6.45) is 6.80. The summed E-state index contributed by atoms with van der Waals surface area (Å²) < 4.78 is 0. The maximum atomic E-state index is 9.04. The Labute approximate surface area is 110 Å². The van der Waals surface area contributed by atoms with Crippen LogP contribution in [0.4, 0.5) is 0 Å². The molecule has 0 radical (unpaired) electrons. The van der Waals surface area contributed by atoms with Crippen LogP contribution in [0.1, 0.15) is 50.2 Å². The summed E-state index contributed by atoms with van der Waals surface area (Å²) in [5.41, 5.74) is 2.36. The van der Waals surface area contributed by atoms with Crippen molar-refractivity contribution < 1.29 is 0 Å². The highest BCUT2D eigenvalue weighted by atomic mass is 14.9. The number of nitrogens with one attached hydrogen (secondary N) is 1. The third-order valence-corrected chi connectivity index (χ3v) is 4.07. The van der Waals surface area contributed by atoms with Crippen molar-refractivity contribution in [2.75, 3.05) is 6.54 Å². The van der Waals surface area contributed by atoms with Gasteiger partial charge in [0.05, 0.1) is 11.6 Å². The van der Waals surface area contributed by atoms with Gasteiger partial charge in [-0.3, -0.25) is 0 Å². The molecule has 18 heavy (non-hydrogen) atoms. The lowest BCUT2D eigenvalue weighted by atomic mass is 9.76. The maximum absolute atomic E-state index is 9.04. The van der Waals surface area contributed by atoms with Crippen molar-refractivity contribution in [1.82, 2.24) is 5.32 Å². The van der Waals surface area contributed by atoms with E-state index >= 15 is 0 Å². The minimum absolute atomic E-state index is 0.458. The standard InChI is InChI=1S/C16H22N2/c1-16(9-5-2-6-10-16)13-18-12-15-8-4-3-7-14(15)11-17/h3-4,7-8,18H,2,5-6,9-10,12-13H2,1H3. The van der Waals surface area contributed by atoms with Crippen LogP contribution >= 0.6 is 0 Å². The summed E-state index contributed by atoms with van der Waals surface area (Å²) in [6.45, 7) is 4.25. The van der Waals surface area contributed by atoms with E-state index in [9.17, 15) is 0 Å². The van der Waals surface area contributed by atoms with Gasteiger partial charge < -0.3 is 5.32 Å². The third kappa shape index (κ3) is 3.34. The lowest BCUT2D eigenvalue weighted by Gasteiger charge is -2.33. The first-order valence-electron chi connectivity index (χ1n) is 6.92. The largest absolute Gasteiger partial charge is 0.312 e. The zero-order valence-corrected chi connectivity index (χ0v) is 11.2. The molecule has 1 N–H and O–H groups in total. The van der Waals surface area contributed by atoms with Gasteiger partial charge in [0.25, 0.3) is 0 Å². The van der Waals surface area contributed by atoms with Crippen molar-refractivity contribution in [3.05, 3.63) is 35.4 Å². The van der Waals surface area contributed by atoms with E-state index in [0.29, 0.717) is 5.41 Å². The summed E-state index contributed by atoms with van der Waals surface area (Å²) in [7, 11) is 0. The molecule has 1 aromatic rings. The molecule has 1 aliphatic carbocycles. The van der Waals surface area contributed by atoms with E-state index in [-0.39, 0.29) is 0 Å². The highest BCUT2D eigenvalue weighted by Crippen LogP contribution is 2.34. The molecule has 2 rings (SSSR count). The van der Waals surface area contributed by atoms with Crippen molar-refractivity contribution in [2.24, 2.45) is 5.41 Å². The number of rotatable bonds is 4. The molecule has 2 nitrogen and oxygen atoms in total. The van der Waals surface area contributed by atoms with Gasteiger partial charge in [-0.2, -0.15) is 5.26 Å². The van der Waals surface area contributed by atoms with E-state index in [1.807, 2.05) is 24.3 Å². The Morgan fingerprint density at radius 2 is 1.94 bits per heavy atom. The Bertz CT molecular complexity index is 425. The van der Waals surface area contributed by atoms with E-state index in [0.717, 1.165) is 24.2 Å². The molecule has 0 aromatic heterocycles. The molecule has 0 spiro atoms. The molecule has 1 aliphatic rings. The van der Waals surface area contributed by atoms with Crippen molar-refractivity contribution >= 4 is 0 Å².